The summed E-state index contributed by atoms with van der Waals surface area (Å²) in [5, 5.41) is 3.11. The van der Waals surface area contributed by atoms with Crippen molar-refractivity contribution in [1.82, 2.24) is 0 Å². The van der Waals surface area contributed by atoms with Crippen LogP contribution in [0.5, 0.6) is 0 Å². The first-order valence-electron chi connectivity index (χ1n) is 43.8. The van der Waals surface area contributed by atoms with E-state index in [4.69, 9.17) is 0 Å². The van der Waals surface area contributed by atoms with Gasteiger partial charge in [0.2, 0.25) is 0 Å². The van der Waals surface area contributed by atoms with Crippen LogP contribution in [0, 0.1) is 132 Å². The molecule has 0 heterocycles. The van der Waals surface area contributed by atoms with Crippen LogP contribution in [0.2, 0.25) is 39.3 Å². The van der Waals surface area contributed by atoms with Crippen molar-refractivity contribution >= 4 is 26.5 Å². The first-order valence-corrected chi connectivity index (χ1v) is 50.8. The van der Waals surface area contributed by atoms with Gasteiger partial charge in [0, 0.05) is 0 Å². The van der Waals surface area contributed by atoms with Gasteiger partial charge in [0.05, 0.1) is 16.1 Å². The number of hydrogen-bond donors (Lipinski definition) is 0. The Morgan fingerprint density at radius 2 is 0.424 bits per heavy atom. The topological polar surface area (TPSA) is 0 Å². The maximum absolute atomic E-state index is 2.39. The first kappa shape index (κ1) is 106. The molecule has 0 saturated heterocycles. The van der Waals surface area contributed by atoms with Crippen molar-refractivity contribution in [3.8, 4) is 11.1 Å². The Hall–Kier alpha value is -8.15. The van der Waals surface area contributed by atoms with E-state index in [1.165, 1.54) is 134 Å². The number of benzene rings is 11. The predicted molar refractivity (Wildman–Crippen MR) is 542 cm³/mol. The van der Waals surface area contributed by atoms with Gasteiger partial charge in [-0.3, -0.25) is 0 Å². The van der Waals surface area contributed by atoms with Crippen molar-refractivity contribution in [1.29, 1.82) is 0 Å². The standard InChI is InChI=1S/C13H12.2C13H20.3C12H18.C11H18Si.C11H16.C10H16Si.C9H12/c1-11-7-9-13(10-8-11)12-5-3-2-4-6-12;2*1-10-6-7-12(8-11(10)2)9-13(3,4)5;1-9-6-7-11(8-10(9)2)12(3,4)5;2*1-10-5-7-11(8-6-10)9-12(2,3)4;1-9-6-7-11(8-10(9)2)12(3,4)5;2*1-9-5-7-10(8-6-9)11(2,3)4;1-7-4-5-8(2)9(3)6-7/h2-10H,1H3;2*6-8H,9H2,1-5H3;6-8H,1-5H3;2*5-8H,9H2,1-4H3;6-8H,1-5H3;2*5-8H,1-4H3;4-6H,1-3H3. The molecule has 0 radical (unpaired) electrons. The summed E-state index contributed by atoms with van der Waals surface area (Å²) in [5.74, 6) is 0. The molecule has 11 aromatic carbocycles. The Kier molecular flexibility index (Phi) is 43.4. The van der Waals surface area contributed by atoms with Crippen molar-refractivity contribution in [2.24, 2.45) is 21.7 Å². The van der Waals surface area contributed by atoms with Crippen molar-refractivity contribution in [3.63, 3.8) is 0 Å². The fraction of sp³-hybridized carbons (Fsp3) is 0.431. The largest absolute Gasteiger partial charge is 0.0776 e. The van der Waals surface area contributed by atoms with Crippen molar-refractivity contribution in [3.05, 3.63) is 365 Å². The van der Waals surface area contributed by atoms with Gasteiger partial charge < -0.3 is 0 Å². The second kappa shape index (κ2) is 48.3. The van der Waals surface area contributed by atoms with Crippen LogP contribution in [0.1, 0.15) is 247 Å². The normalized spacial score (nSPS) is 11.4. The van der Waals surface area contributed by atoms with Crippen LogP contribution in [-0.4, -0.2) is 16.1 Å². The molecule has 0 saturated carbocycles. The summed E-state index contributed by atoms with van der Waals surface area (Å²) < 4.78 is 0. The molecule has 0 aliphatic rings. The Balaban J connectivity index is 0.000000445. The third-order valence-corrected chi connectivity index (χ3v) is 24.8. The van der Waals surface area contributed by atoms with E-state index >= 15 is 0 Å². The van der Waals surface area contributed by atoms with Crippen LogP contribution in [0.15, 0.2) is 243 Å². The second-order valence-electron chi connectivity index (χ2n) is 42.9. The summed E-state index contributed by atoms with van der Waals surface area (Å²) in [6.07, 6.45) is 4.64. The molecule has 11 rings (SSSR count). The molecule has 0 spiro atoms. The lowest BCUT2D eigenvalue weighted by Gasteiger charge is -2.19. The van der Waals surface area contributed by atoms with Gasteiger partial charge in [0.1, 0.15) is 0 Å². The van der Waals surface area contributed by atoms with Crippen LogP contribution in [0.4, 0.5) is 0 Å². The Morgan fingerprint density at radius 1 is 0.186 bits per heavy atom. The predicted octanol–water partition coefficient (Wildman–Crippen LogP) is 33.5. The molecule has 0 bridgehead atoms. The Morgan fingerprint density at radius 3 is 0.720 bits per heavy atom. The molecule has 0 aliphatic heterocycles. The molecular weight excluding hydrogens is 1450 g/mol. The van der Waals surface area contributed by atoms with Crippen LogP contribution < -0.4 is 10.4 Å². The van der Waals surface area contributed by atoms with Crippen LogP contribution >= 0.6 is 0 Å². The molecule has 0 N–H and O–H groups in total. The third-order valence-electron chi connectivity index (χ3n) is 20.7. The van der Waals surface area contributed by atoms with E-state index in [2.05, 4.69) is 511 Å². The van der Waals surface area contributed by atoms with Gasteiger partial charge in [0.25, 0.3) is 0 Å². The molecule has 640 valence electrons. The molecule has 0 unspecified atom stereocenters. The van der Waals surface area contributed by atoms with E-state index in [0.29, 0.717) is 21.7 Å². The van der Waals surface area contributed by atoms with Gasteiger partial charge in [-0.1, -0.05) is 450 Å². The van der Waals surface area contributed by atoms with Crippen LogP contribution in [0.25, 0.3) is 11.1 Å². The minimum Gasteiger partial charge on any atom is -0.0656 e. The SMILES string of the molecule is Cc1ccc(-c2ccccc2)cc1.Cc1ccc(C(C)(C)C)cc1.Cc1ccc(C(C)(C)C)cc1C.Cc1ccc(C)c(C)c1.Cc1ccc(CC(C)(C)C)cc1.Cc1ccc(CC(C)(C)C)cc1.Cc1ccc(CC(C)(C)C)cc1C.Cc1ccc(CC(C)(C)C)cc1C.Cc1ccc([Si](C)(C)C)cc1.Cc1ccc([Si](C)(C)C)cc1C. The average Bonchev–Trinajstić information content (AvgIpc) is 0.844. The lowest BCUT2D eigenvalue weighted by Crippen LogP contribution is -2.37. The lowest BCUT2D eigenvalue weighted by molar-refractivity contribution is 0.411. The minimum absolute atomic E-state index is 0.276. The highest BCUT2D eigenvalue weighted by molar-refractivity contribution is 6.89. The maximum atomic E-state index is 2.39. The van der Waals surface area contributed by atoms with E-state index in [0.717, 1.165) is 25.7 Å². The molecular formula is C116H168Si2. The Labute approximate surface area is 730 Å². The summed E-state index contributed by atoms with van der Waals surface area (Å²) >= 11 is 0. The molecule has 0 aliphatic carbocycles. The van der Waals surface area contributed by atoms with Crippen molar-refractivity contribution < 1.29 is 0 Å². The molecule has 0 fully saturated rings. The first-order chi connectivity index (χ1) is 54.1. The van der Waals surface area contributed by atoms with E-state index in [1.807, 2.05) is 6.07 Å². The monoisotopic (exact) mass is 1620 g/mol. The highest BCUT2D eigenvalue weighted by Crippen LogP contribution is 2.28. The Bertz CT molecular complexity index is 4420. The maximum Gasteiger partial charge on any atom is 0.0776 e. The van der Waals surface area contributed by atoms with Gasteiger partial charge in [0.15, 0.2) is 0 Å². The average molecular weight is 1620 g/mol. The fourth-order valence-corrected chi connectivity index (χ4v) is 14.9. The smallest absolute Gasteiger partial charge is 0.0656 e. The third kappa shape index (κ3) is 46.4. The van der Waals surface area contributed by atoms with Gasteiger partial charge in [-0.15, -0.1) is 0 Å². The summed E-state index contributed by atoms with van der Waals surface area (Å²) in [6.45, 7) is 89.4. The quantitative estimate of drug-likeness (QED) is 0.140. The molecule has 118 heavy (non-hydrogen) atoms. The minimum atomic E-state index is -1.09. The molecule has 0 aromatic heterocycles. The summed E-state index contributed by atoms with van der Waals surface area (Å²) in [7, 11) is -2.14. The van der Waals surface area contributed by atoms with E-state index < -0.39 is 16.1 Å². The molecule has 0 atom stereocenters. The molecule has 2 heteroatoms. The molecule has 0 nitrogen and oxygen atoms in total. The zero-order valence-electron chi connectivity index (χ0n) is 82.9. The molecule has 11 aromatic rings. The number of aryl methyl sites for hydroxylation is 16. The van der Waals surface area contributed by atoms with E-state index in [1.54, 1.807) is 10.4 Å². The number of hydrogen-bond acceptors (Lipinski definition) is 0. The summed E-state index contributed by atoms with van der Waals surface area (Å²) in [4.78, 5) is 0. The van der Waals surface area contributed by atoms with E-state index in [-0.39, 0.29) is 10.8 Å². The lowest BCUT2D eigenvalue weighted by atomic mass is 9.85. The van der Waals surface area contributed by atoms with E-state index in [9.17, 15) is 0 Å². The van der Waals surface area contributed by atoms with Gasteiger partial charge in [-0.25, -0.2) is 0 Å². The highest BCUT2D eigenvalue weighted by atomic mass is 28.3. The van der Waals surface area contributed by atoms with Crippen LogP contribution in [-0.2, 0) is 36.5 Å². The zero-order valence-corrected chi connectivity index (χ0v) is 84.9. The number of rotatable bonds is 7. The van der Waals surface area contributed by atoms with Gasteiger partial charge in [-0.2, -0.15) is 0 Å². The second-order valence-corrected chi connectivity index (χ2v) is 53.1. The molecule has 0 amide bonds. The highest BCUT2D eigenvalue weighted by Gasteiger charge is 2.19. The fourth-order valence-electron chi connectivity index (χ4n) is 12.5. The zero-order chi connectivity index (χ0) is 90.1. The summed E-state index contributed by atoms with van der Waals surface area (Å²) in [6, 6.07) is 87.9. The van der Waals surface area contributed by atoms with Crippen molar-refractivity contribution in [2.45, 2.75) is 311 Å². The van der Waals surface area contributed by atoms with Gasteiger partial charge in [-0.05, 0) is 269 Å². The van der Waals surface area contributed by atoms with Crippen LogP contribution in [0.3, 0.4) is 0 Å². The summed E-state index contributed by atoms with van der Waals surface area (Å²) in [5.41, 5.74) is 35.3. The van der Waals surface area contributed by atoms with Crippen molar-refractivity contribution in [2.75, 3.05) is 0 Å². The van der Waals surface area contributed by atoms with Gasteiger partial charge >= 0.3 is 0 Å².